The minimum Gasteiger partial charge on any atom is -0.495 e. The summed E-state index contributed by atoms with van der Waals surface area (Å²) in [5.41, 5.74) is 1.07. The Bertz CT molecular complexity index is 914. The number of anilines is 1. The van der Waals surface area contributed by atoms with Crippen molar-refractivity contribution in [1.82, 2.24) is 0 Å². The lowest BCUT2D eigenvalue weighted by molar-refractivity contribution is -0.113. The van der Waals surface area contributed by atoms with E-state index in [0.29, 0.717) is 27.2 Å². The second-order valence-electron chi connectivity index (χ2n) is 5.34. The first-order chi connectivity index (χ1) is 12.5. The summed E-state index contributed by atoms with van der Waals surface area (Å²) in [4.78, 5) is 18.8. The van der Waals surface area contributed by atoms with Crippen molar-refractivity contribution in [2.24, 2.45) is 4.99 Å². The molecule has 0 aromatic heterocycles. The fourth-order valence-corrected chi connectivity index (χ4v) is 3.47. The zero-order chi connectivity index (χ0) is 18.7. The molecule has 134 valence electrons. The van der Waals surface area contributed by atoms with E-state index >= 15 is 0 Å². The Labute approximate surface area is 160 Å². The molecule has 0 aliphatic carbocycles. The Morgan fingerprint density at radius 2 is 2.08 bits per heavy atom. The highest BCUT2D eigenvalue weighted by Gasteiger charge is 2.32. The standard InChI is InChI=1S/C19H16ClFN2O2S/c1-3-26-19-22-16(10-12-6-4-5-7-15(12)21)18(24)23(19)13-8-9-17(25-2)14(20)11-13/h4-11H,3H2,1-2H3/b16-10-. The number of carbonyl (C=O) groups is 1. The molecule has 0 bridgehead atoms. The van der Waals surface area contributed by atoms with Crippen LogP contribution < -0.4 is 9.64 Å². The van der Waals surface area contributed by atoms with Crippen molar-refractivity contribution in [3.8, 4) is 5.75 Å². The number of halogens is 2. The normalized spacial score (nSPS) is 15.5. The summed E-state index contributed by atoms with van der Waals surface area (Å²) in [6.07, 6.45) is 1.46. The summed E-state index contributed by atoms with van der Waals surface area (Å²) in [6.45, 7) is 1.97. The van der Waals surface area contributed by atoms with Gasteiger partial charge < -0.3 is 4.74 Å². The number of amidine groups is 1. The maximum absolute atomic E-state index is 13.9. The van der Waals surface area contributed by atoms with Crippen LogP contribution in [-0.4, -0.2) is 23.9 Å². The molecular formula is C19H16ClFN2O2S. The van der Waals surface area contributed by atoms with Gasteiger partial charge >= 0.3 is 0 Å². The van der Waals surface area contributed by atoms with Crippen LogP contribution >= 0.6 is 23.4 Å². The first kappa shape index (κ1) is 18.5. The Morgan fingerprint density at radius 3 is 2.73 bits per heavy atom. The van der Waals surface area contributed by atoms with Gasteiger partial charge in [0.25, 0.3) is 5.91 Å². The summed E-state index contributed by atoms with van der Waals surface area (Å²) in [7, 11) is 1.52. The van der Waals surface area contributed by atoms with Crippen molar-refractivity contribution >= 4 is 46.2 Å². The number of carbonyl (C=O) groups excluding carboxylic acids is 1. The molecule has 1 aliphatic rings. The van der Waals surface area contributed by atoms with E-state index in [2.05, 4.69) is 4.99 Å². The molecule has 0 spiro atoms. The average Bonchev–Trinajstić information content (AvgIpc) is 2.92. The van der Waals surface area contributed by atoms with Crippen LogP contribution in [-0.2, 0) is 4.79 Å². The van der Waals surface area contributed by atoms with Gasteiger partial charge in [0.1, 0.15) is 17.3 Å². The van der Waals surface area contributed by atoms with Gasteiger partial charge in [-0.2, -0.15) is 0 Å². The van der Waals surface area contributed by atoms with Gasteiger partial charge in [-0.1, -0.05) is 48.5 Å². The van der Waals surface area contributed by atoms with Crippen LogP contribution in [0.3, 0.4) is 0 Å². The van der Waals surface area contributed by atoms with Gasteiger partial charge in [-0.05, 0) is 36.1 Å². The molecule has 0 unspecified atom stereocenters. The van der Waals surface area contributed by atoms with Gasteiger partial charge in [-0.3, -0.25) is 9.69 Å². The molecule has 0 atom stereocenters. The number of hydrogen-bond acceptors (Lipinski definition) is 4. The van der Waals surface area contributed by atoms with Crippen molar-refractivity contribution in [3.05, 3.63) is 64.6 Å². The van der Waals surface area contributed by atoms with Gasteiger partial charge in [0.15, 0.2) is 5.17 Å². The first-order valence-electron chi connectivity index (χ1n) is 7.91. The SMILES string of the molecule is CCSC1=N/C(=C\c2ccccc2F)C(=O)N1c1ccc(OC)c(Cl)c1. The number of nitrogens with zero attached hydrogens (tertiary/aromatic N) is 2. The van der Waals surface area contributed by atoms with E-state index < -0.39 is 5.82 Å². The lowest BCUT2D eigenvalue weighted by Crippen LogP contribution is -2.30. The molecule has 0 fully saturated rings. The van der Waals surface area contributed by atoms with Crippen LogP contribution in [0.25, 0.3) is 6.08 Å². The number of thioether (sulfide) groups is 1. The summed E-state index contributed by atoms with van der Waals surface area (Å²) in [5.74, 6) is 0.523. The number of hydrogen-bond donors (Lipinski definition) is 0. The Kier molecular flexibility index (Phi) is 5.64. The monoisotopic (exact) mass is 390 g/mol. The molecule has 0 N–H and O–H groups in total. The number of ether oxygens (including phenoxy) is 1. The van der Waals surface area contributed by atoms with Crippen molar-refractivity contribution in [1.29, 1.82) is 0 Å². The average molecular weight is 391 g/mol. The Morgan fingerprint density at radius 1 is 1.31 bits per heavy atom. The second-order valence-corrected chi connectivity index (χ2v) is 6.98. The minimum atomic E-state index is -0.404. The molecule has 26 heavy (non-hydrogen) atoms. The number of aliphatic imine (C=N–C) groups is 1. The highest BCUT2D eigenvalue weighted by Crippen LogP contribution is 2.34. The van der Waals surface area contributed by atoms with E-state index in [4.69, 9.17) is 16.3 Å². The molecule has 7 heteroatoms. The van der Waals surface area contributed by atoms with E-state index in [1.54, 1.807) is 36.4 Å². The fraction of sp³-hybridized carbons (Fsp3) is 0.158. The summed E-state index contributed by atoms with van der Waals surface area (Å²) < 4.78 is 19.1. The van der Waals surface area contributed by atoms with Crippen LogP contribution in [0.4, 0.5) is 10.1 Å². The van der Waals surface area contributed by atoms with E-state index in [-0.39, 0.29) is 11.6 Å². The molecule has 2 aromatic carbocycles. The first-order valence-corrected chi connectivity index (χ1v) is 9.27. The maximum Gasteiger partial charge on any atom is 0.283 e. The van der Waals surface area contributed by atoms with Crippen molar-refractivity contribution in [2.75, 3.05) is 17.8 Å². The zero-order valence-corrected chi connectivity index (χ0v) is 15.8. The summed E-state index contributed by atoms with van der Waals surface area (Å²) >= 11 is 7.62. The quantitative estimate of drug-likeness (QED) is 0.691. The van der Waals surface area contributed by atoms with Crippen LogP contribution in [0.5, 0.6) is 5.75 Å². The van der Waals surface area contributed by atoms with Crippen LogP contribution in [0.2, 0.25) is 5.02 Å². The second kappa shape index (κ2) is 7.93. The molecule has 0 saturated carbocycles. The smallest absolute Gasteiger partial charge is 0.283 e. The van der Waals surface area contributed by atoms with Crippen molar-refractivity contribution in [3.63, 3.8) is 0 Å². The fourth-order valence-electron chi connectivity index (χ4n) is 2.48. The van der Waals surface area contributed by atoms with Gasteiger partial charge in [0.2, 0.25) is 0 Å². The molecule has 1 heterocycles. The van der Waals surface area contributed by atoms with E-state index in [0.717, 1.165) is 5.75 Å². The topological polar surface area (TPSA) is 41.9 Å². The molecular weight excluding hydrogens is 375 g/mol. The van der Waals surface area contributed by atoms with Gasteiger partial charge in [0, 0.05) is 5.56 Å². The number of amides is 1. The highest BCUT2D eigenvalue weighted by atomic mass is 35.5. The lowest BCUT2D eigenvalue weighted by Gasteiger charge is -2.18. The molecule has 0 saturated heterocycles. The Hall–Kier alpha value is -2.31. The van der Waals surface area contributed by atoms with Gasteiger partial charge in [-0.25, -0.2) is 9.38 Å². The molecule has 2 aromatic rings. The highest BCUT2D eigenvalue weighted by molar-refractivity contribution is 8.14. The molecule has 1 amide bonds. The van der Waals surface area contributed by atoms with Crippen LogP contribution in [0.1, 0.15) is 12.5 Å². The number of methoxy groups -OCH3 is 1. The zero-order valence-electron chi connectivity index (χ0n) is 14.2. The molecule has 0 radical (unpaired) electrons. The van der Waals surface area contributed by atoms with Crippen LogP contribution in [0.15, 0.2) is 53.2 Å². The predicted molar refractivity (Wildman–Crippen MR) is 105 cm³/mol. The van der Waals surface area contributed by atoms with Gasteiger partial charge in [-0.15, -0.1) is 0 Å². The summed E-state index contributed by atoms with van der Waals surface area (Å²) in [6, 6.07) is 11.3. The Balaban J connectivity index is 2.01. The molecule has 4 nitrogen and oxygen atoms in total. The third-order valence-electron chi connectivity index (χ3n) is 3.69. The lowest BCUT2D eigenvalue weighted by atomic mass is 10.1. The van der Waals surface area contributed by atoms with E-state index in [1.165, 1.54) is 35.9 Å². The largest absolute Gasteiger partial charge is 0.495 e. The van der Waals surface area contributed by atoms with E-state index in [1.807, 2.05) is 6.92 Å². The number of benzene rings is 2. The predicted octanol–water partition coefficient (Wildman–Crippen LogP) is 4.98. The maximum atomic E-state index is 13.9. The van der Waals surface area contributed by atoms with Crippen molar-refractivity contribution in [2.45, 2.75) is 6.92 Å². The summed E-state index contributed by atoms with van der Waals surface area (Å²) in [5, 5.41) is 0.923. The number of rotatable bonds is 4. The molecule has 3 rings (SSSR count). The molecule has 1 aliphatic heterocycles. The van der Waals surface area contributed by atoms with E-state index in [9.17, 15) is 9.18 Å². The van der Waals surface area contributed by atoms with Crippen molar-refractivity contribution < 1.29 is 13.9 Å². The minimum absolute atomic E-state index is 0.179. The van der Waals surface area contributed by atoms with Crippen LogP contribution in [0, 0.1) is 5.82 Å². The van der Waals surface area contributed by atoms with Gasteiger partial charge in [0.05, 0.1) is 17.8 Å². The third kappa shape index (κ3) is 3.61. The third-order valence-corrected chi connectivity index (χ3v) is 4.81.